The highest BCUT2D eigenvalue weighted by Gasteiger charge is 2.31. The minimum absolute atomic E-state index is 0.0198. The number of halogens is 4. The van der Waals surface area contributed by atoms with E-state index in [1.807, 2.05) is 5.38 Å². The standard InChI is InChI=1S/C21H12F4N6OS/c22-13-2-1-11(21(23,24)25)6-14(13)30-19(32)15-7-27-16-5-10(3-4-31(15)16)12-8-33-20-17(12)18(26)28-9-29-20/h1-9H,(H,30,32)(H2,26,28,29). The summed E-state index contributed by atoms with van der Waals surface area (Å²) in [7, 11) is 0. The molecule has 0 radical (unpaired) electrons. The Bertz CT molecular complexity index is 1540. The number of nitrogen functional groups attached to an aromatic ring is 1. The van der Waals surface area contributed by atoms with Crippen LogP contribution in [0.15, 0.2) is 54.4 Å². The van der Waals surface area contributed by atoms with E-state index >= 15 is 0 Å². The van der Waals surface area contributed by atoms with Gasteiger partial charge in [-0.3, -0.25) is 9.20 Å². The minimum atomic E-state index is -4.67. The maximum absolute atomic E-state index is 14.0. The van der Waals surface area contributed by atoms with E-state index in [0.29, 0.717) is 35.1 Å². The van der Waals surface area contributed by atoms with E-state index in [9.17, 15) is 22.4 Å². The number of nitrogens with two attached hydrogens (primary N) is 1. The molecular weight excluding hydrogens is 460 g/mol. The molecule has 12 heteroatoms. The number of hydrogen-bond donors (Lipinski definition) is 2. The van der Waals surface area contributed by atoms with Crippen molar-refractivity contribution < 1.29 is 22.4 Å². The lowest BCUT2D eigenvalue weighted by Crippen LogP contribution is -2.16. The number of anilines is 2. The van der Waals surface area contributed by atoms with Gasteiger partial charge in [-0.05, 0) is 35.9 Å². The number of aromatic nitrogens is 4. The molecule has 33 heavy (non-hydrogen) atoms. The van der Waals surface area contributed by atoms with Crippen LogP contribution >= 0.6 is 11.3 Å². The summed E-state index contributed by atoms with van der Waals surface area (Å²) in [6.45, 7) is 0. The summed E-state index contributed by atoms with van der Waals surface area (Å²) in [5.41, 5.74) is 6.32. The summed E-state index contributed by atoms with van der Waals surface area (Å²) in [5, 5.41) is 4.77. The predicted molar refractivity (Wildman–Crippen MR) is 115 cm³/mol. The first-order valence-corrected chi connectivity index (χ1v) is 10.2. The van der Waals surface area contributed by atoms with E-state index in [1.165, 1.54) is 28.3 Å². The molecule has 7 nitrogen and oxygen atoms in total. The fraction of sp³-hybridized carbons (Fsp3) is 0.0476. The van der Waals surface area contributed by atoms with Gasteiger partial charge in [-0.2, -0.15) is 13.2 Å². The summed E-state index contributed by atoms with van der Waals surface area (Å²) in [4.78, 5) is 25.8. The third-order valence-corrected chi connectivity index (χ3v) is 5.88. The van der Waals surface area contributed by atoms with Gasteiger partial charge in [0.15, 0.2) is 0 Å². The Morgan fingerprint density at radius 1 is 1.12 bits per heavy atom. The summed E-state index contributed by atoms with van der Waals surface area (Å²) < 4.78 is 54.3. The predicted octanol–water partition coefficient (Wildman–Crippen LogP) is 5.00. The Hall–Kier alpha value is -4.06. The van der Waals surface area contributed by atoms with E-state index in [1.54, 1.807) is 18.3 Å². The second-order valence-electron chi connectivity index (χ2n) is 7.02. The number of imidazole rings is 1. The summed E-state index contributed by atoms with van der Waals surface area (Å²) >= 11 is 1.41. The normalized spacial score (nSPS) is 11.9. The molecule has 0 fully saturated rings. The molecule has 5 aromatic rings. The molecule has 4 heterocycles. The van der Waals surface area contributed by atoms with E-state index in [2.05, 4.69) is 20.3 Å². The Morgan fingerprint density at radius 3 is 2.73 bits per heavy atom. The van der Waals surface area contributed by atoms with Gasteiger partial charge in [0.1, 0.15) is 34.1 Å². The third kappa shape index (κ3) is 3.63. The fourth-order valence-electron chi connectivity index (χ4n) is 3.41. The molecule has 0 saturated heterocycles. The maximum atomic E-state index is 14.0. The SMILES string of the molecule is Nc1ncnc2scc(-c3ccn4c(C(=O)Nc5cc(C(F)(F)F)ccc5F)cnc4c3)c12. The van der Waals surface area contributed by atoms with Gasteiger partial charge in [-0.1, -0.05) is 0 Å². The number of fused-ring (bicyclic) bond motifs is 2. The molecule has 0 bridgehead atoms. The molecule has 0 aliphatic heterocycles. The highest BCUT2D eigenvalue weighted by atomic mass is 32.1. The van der Waals surface area contributed by atoms with Crippen LogP contribution in [0.5, 0.6) is 0 Å². The van der Waals surface area contributed by atoms with Gasteiger partial charge in [-0.25, -0.2) is 19.3 Å². The molecule has 5 rings (SSSR count). The quantitative estimate of drug-likeness (QED) is 0.360. The molecule has 3 N–H and O–H groups in total. The molecule has 4 aromatic heterocycles. The molecule has 0 aliphatic carbocycles. The van der Waals surface area contributed by atoms with Crippen molar-refractivity contribution in [2.45, 2.75) is 6.18 Å². The molecule has 0 aliphatic rings. The zero-order valence-corrected chi connectivity index (χ0v) is 17.2. The number of thiophene rings is 1. The third-order valence-electron chi connectivity index (χ3n) is 5.00. The number of pyridine rings is 1. The van der Waals surface area contributed by atoms with Crippen molar-refractivity contribution in [1.29, 1.82) is 0 Å². The molecule has 166 valence electrons. The smallest absolute Gasteiger partial charge is 0.383 e. The van der Waals surface area contributed by atoms with Crippen LogP contribution in [0.4, 0.5) is 29.1 Å². The largest absolute Gasteiger partial charge is 0.416 e. The second kappa shape index (κ2) is 7.52. The highest BCUT2D eigenvalue weighted by molar-refractivity contribution is 7.17. The van der Waals surface area contributed by atoms with Crippen LogP contribution in [0.1, 0.15) is 16.1 Å². The minimum Gasteiger partial charge on any atom is -0.383 e. The van der Waals surface area contributed by atoms with Gasteiger partial charge in [0.25, 0.3) is 5.91 Å². The zero-order valence-electron chi connectivity index (χ0n) is 16.4. The monoisotopic (exact) mass is 472 g/mol. The van der Waals surface area contributed by atoms with Gasteiger partial charge >= 0.3 is 6.18 Å². The van der Waals surface area contributed by atoms with E-state index in [-0.39, 0.29) is 5.69 Å². The number of benzene rings is 1. The Labute approximate surface area is 186 Å². The van der Waals surface area contributed by atoms with Crippen LogP contribution in [0.2, 0.25) is 0 Å². The fourth-order valence-corrected chi connectivity index (χ4v) is 4.33. The van der Waals surface area contributed by atoms with Crippen LogP contribution in [-0.4, -0.2) is 25.3 Å². The number of nitrogens with zero attached hydrogens (tertiary/aromatic N) is 4. The Morgan fingerprint density at radius 2 is 1.94 bits per heavy atom. The lowest BCUT2D eigenvalue weighted by molar-refractivity contribution is -0.137. The lowest BCUT2D eigenvalue weighted by atomic mass is 10.1. The van der Waals surface area contributed by atoms with Crippen LogP contribution in [0.3, 0.4) is 0 Å². The van der Waals surface area contributed by atoms with Crippen molar-refractivity contribution >= 4 is 44.6 Å². The van der Waals surface area contributed by atoms with Gasteiger partial charge in [0.2, 0.25) is 0 Å². The molecule has 0 unspecified atom stereocenters. The van der Waals surface area contributed by atoms with Crippen molar-refractivity contribution in [3.63, 3.8) is 0 Å². The summed E-state index contributed by atoms with van der Waals surface area (Å²) in [6.07, 6.45) is -0.456. The number of hydrogen-bond acceptors (Lipinski definition) is 6. The molecule has 1 amide bonds. The lowest BCUT2D eigenvalue weighted by Gasteiger charge is -2.11. The van der Waals surface area contributed by atoms with Crippen molar-refractivity contribution in [2.75, 3.05) is 11.1 Å². The molecule has 0 atom stereocenters. The summed E-state index contributed by atoms with van der Waals surface area (Å²) in [6, 6.07) is 5.25. The summed E-state index contributed by atoms with van der Waals surface area (Å²) in [5.74, 6) is -1.47. The van der Waals surface area contributed by atoms with Gasteiger partial charge in [0.05, 0.1) is 22.8 Å². The average molecular weight is 472 g/mol. The number of amides is 1. The van der Waals surface area contributed by atoms with Crippen molar-refractivity contribution in [1.82, 2.24) is 19.4 Å². The number of carbonyl (C=O) groups is 1. The van der Waals surface area contributed by atoms with Gasteiger partial charge in [-0.15, -0.1) is 11.3 Å². The zero-order chi connectivity index (χ0) is 23.3. The Balaban J connectivity index is 1.49. The van der Waals surface area contributed by atoms with Crippen molar-refractivity contribution in [3.8, 4) is 11.1 Å². The molecular formula is C21H12F4N6OS. The maximum Gasteiger partial charge on any atom is 0.416 e. The molecule has 1 aromatic carbocycles. The first-order chi connectivity index (χ1) is 15.7. The number of rotatable bonds is 3. The first-order valence-electron chi connectivity index (χ1n) is 9.35. The van der Waals surface area contributed by atoms with Crippen LogP contribution < -0.4 is 11.1 Å². The Kier molecular flexibility index (Phi) is 4.74. The van der Waals surface area contributed by atoms with Crippen molar-refractivity contribution in [2.24, 2.45) is 0 Å². The molecule has 0 saturated carbocycles. The van der Waals surface area contributed by atoms with Gasteiger partial charge in [0, 0.05) is 17.1 Å². The topological polar surface area (TPSA) is 98.2 Å². The van der Waals surface area contributed by atoms with E-state index in [4.69, 9.17) is 5.73 Å². The van der Waals surface area contributed by atoms with Crippen molar-refractivity contribution in [3.05, 3.63) is 71.5 Å². The first kappa shape index (κ1) is 20.8. The van der Waals surface area contributed by atoms with Gasteiger partial charge < -0.3 is 11.1 Å². The van der Waals surface area contributed by atoms with Crippen LogP contribution in [0, 0.1) is 5.82 Å². The number of alkyl halides is 3. The average Bonchev–Trinajstić information content (AvgIpc) is 3.39. The second-order valence-corrected chi connectivity index (χ2v) is 7.88. The highest BCUT2D eigenvalue weighted by Crippen LogP contribution is 2.36. The molecule has 0 spiro atoms. The number of carbonyl (C=O) groups excluding carboxylic acids is 1. The van der Waals surface area contributed by atoms with E-state index in [0.717, 1.165) is 16.0 Å². The van der Waals surface area contributed by atoms with Crippen LogP contribution in [0.25, 0.3) is 27.0 Å². The van der Waals surface area contributed by atoms with E-state index < -0.39 is 29.2 Å². The number of nitrogens with one attached hydrogen (secondary N) is 1. The van der Waals surface area contributed by atoms with Crippen LogP contribution in [-0.2, 0) is 6.18 Å².